The van der Waals surface area contributed by atoms with Gasteiger partial charge in [0.05, 0.1) is 0 Å². The molecule has 112 valence electrons. The fourth-order valence-electron chi connectivity index (χ4n) is 1.91. The zero-order valence-electron chi connectivity index (χ0n) is 11.6. The van der Waals surface area contributed by atoms with Crippen molar-refractivity contribution >= 4 is 5.91 Å². The molecule has 1 unspecified atom stereocenters. The van der Waals surface area contributed by atoms with Crippen LogP contribution in [0.25, 0.3) is 0 Å². The fraction of sp³-hybridized carbons (Fsp3) is 0.500. The summed E-state index contributed by atoms with van der Waals surface area (Å²) in [4.78, 5) is 11.9. The number of halogens is 3. The van der Waals surface area contributed by atoms with Gasteiger partial charge in [-0.15, -0.1) is 13.2 Å². The summed E-state index contributed by atoms with van der Waals surface area (Å²) in [5.41, 5.74) is 0.141. The zero-order valence-corrected chi connectivity index (χ0v) is 11.6. The monoisotopic (exact) mass is 289 g/mol. The Morgan fingerprint density at radius 2 is 1.95 bits per heavy atom. The maximum Gasteiger partial charge on any atom is 0.573 e. The van der Waals surface area contributed by atoms with Crippen molar-refractivity contribution in [2.75, 3.05) is 0 Å². The lowest BCUT2D eigenvalue weighted by atomic mass is 10.0. The minimum absolute atomic E-state index is 0.0466. The number of amides is 1. The molecular weight excluding hydrogens is 271 g/mol. The number of rotatable bonds is 5. The molecule has 0 bridgehead atoms. The Morgan fingerprint density at radius 3 is 2.50 bits per heavy atom. The molecule has 0 saturated heterocycles. The molecular formula is C14H18F3NO2. The predicted molar refractivity (Wildman–Crippen MR) is 69.5 cm³/mol. The minimum Gasteiger partial charge on any atom is -0.406 e. The Morgan fingerprint density at radius 1 is 1.30 bits per heavy atom. The van der Waals surface area contributed by atoms with Crippen molar-refractivity contribution in [3.63, 3.8) is 0 Å². The quantitative estimate of drug-likeness (QED) is 0.896. The first-order chi connectivity index (χ1) is 9.17. The molecule has 1 atom stereocenters. The number of hydrogen-bond donors (Lipinski definition) is 1. The van der Waals surface area contributed by atoms with Crippen molar-refractivity contribution in [3.05, 3.63) is 29.8 Å². The van der Waals surface area contributed by atoms with E-state index in [9.17, 15) is 18.0 Å². The average Bonchev–Trinajstić information content (AvgIpc) is 2.25. The van der Waals surface area contributed by atoms with Crippen LogP contribution in [0.15, 0.2) is 24.3 Å². The Labute approximate surface area is 116 Å². The maximum absolute atomic E-state index is 12.1. The Kier molecular flexibility index (Phi) is 5.42. The number of alkyl halides is 3. The molecule has 0 spiro atoms. The highest BCUT2D eigenvalue weighted by Crippen LogP contribution is 2.23. The second-order valence-corrected chi connectivity index (χ2v) is 5.08. The molecule has 0 heterocycles. The van der Waals surface area contributed by atoms with E-state index in [1.165, 1.54) is 12.1 Å². The van der Waals surface area contributed by atoms with Gasteiger partial charge >= 0.3 is 6.36 Å². The van der Waals surface area contributed by atoms with Gasteiger partial charge in [-0.2, -0.15) is 0 Å². The van der Waals surface area contributed by atoms with Crippen LogP contribution in [-0.4, -0.2) is 18.3 Å². The Hall–Kier alpha value is -1.72. The van der Waals surface area contributed by atoms with E-state index in [1.807, 2.05) is 20.8 Å². The molecule has 0 aliphatic carbocycles. The van der Waals surface area contributed by atoms with Crippen LogP contribution in [-0.2, 0) is 0 Å². The first-order valence-corrected chi connectivity index (χ1v) is 6.34. The molecule has 0 saturated carbocycles. The first kappa shape index (κ1) is 16.3. The van der Waals surface area contributed by atoms with Crippen LogP contribution in [0.3, 0.4) is 0 Å². The highest BCUT2D eigenvalue weighted by atomic mass is 19.4. The molecule has 20 heavy (non-hydrogen) atoms. The van der Waals surface area contributed by atoms with Crippen molar-refractivity contribution in [1.82, 2.24) is 5.32 Å². The van der Waals surface area contributed by atoms with Gasteiger partial charge in [-0.1, -0.05) is 19.9 Å². The summed E-state index contributed by atoms with van der Waals surface area (Å²) in [5.74, 6) is -0.391. The Balaban J connectivity index is 2.71. The molecule has 1 aromatic rings. The highest BCUT2D eigenvalue weighted by molar-refractivity contribution is 5.94. The van der Waals surface area contributed by atoms with Gasteiger partial charge in [0.2, 0.25) is 0 Å². The van der Waals surface area contributed by atoms with Crippen molar-refractivity contribution in [2.45, 2.75) is 39.6 Å². The van der Waals surface area contributed by atoms with E-state index in [-0.39, 0.29) is 11.6 Å². The average molecular weight is 289 g/mol. The molecule has 3 nitrogen and oxygen atoms in total. The normalized spacial score (nSPS) is 13.2. The minimum atomic E-state index is -4.76. The third-order valence-corrected chi connectivity index (χ3v) is 2.53. The second kappa shape index (κ2) is 6.63. The van der Waals surface area contributed by atoms with Crippen LogP contribution < -0.4 is 10.1 Å². The van der Waals surface area contributed by atoms with Gasteiger partial charge in [0.25, 0.3) is 5.91 Å². The largest absolute Gasteiger partial charge is 0.573 e. The molecule has 6 heteroatoms. The van der Waals surface area contributed by atoms with E-state index in [4.69, 9.17) is 0 Å². The predicted octanol–water partition coefficient (Wildman–Crippen LogP) is 3.75. The summed E-state index contributed by atoms with van der Waals surface area (Å²) < 4.78 is 40.1. The molecule has 1 amide bonds. The van der Waals surface area contributed by atoms with E-state index in [2.05, 4.69) is 10.1 Å². The van der Waals surface area contributed by atoms with Crippen LogP contribution >= 0.6 is 0 Å². The summed E-state index contributed by atoms with van der Waals surface area (Å²) >= 11 is 0. The van der Waals surface area contributed by atoms with Gasteiger partial charge in [-0.3, -0.25) is 4.79 Å². The standard InChI is InChI=1S/C14H18F3NO2/c1-9(2)7-10(3)18-13(19)11-5-4-6-12(8-11)20-14(15,16)17/h4-6,8-10H,7H2,1-3H3,(H,18,19). The van der Waals surface area contributed by atoms with Gasteiger partial charge in [0.1, 0.15) is 5.75 Å². The van der Waals surface area contributed by atoms with Crippen LogP contribution in [0.1, 0.15) is 37.6 Å². The number of ether oxygens (including phenoxy) is 1. The number of carbonyl (C=O) groups is 1. The van der Waals surface area contributed by atoms with Gasteiger partial charge in [-0.05, 0) is 37.5 Å². The highest BCUT2D eigenvalue weighted by Gasteiger charge is 2.31. The van der Waals surface area contributed by atoms with E-state index in [0.717, 1.165) is 18.6 Å². The molecule has 1 rings (SSSR count). The number of hydrogen-bond acceptors (Lipinski definition) is 2. The van der Waals surface area contributed by atoms with Crippen molar-refractivity contribution in [3.8, 4) is 5.75 Å². The summed E-state index contributed by atoms with van der Waals surface area (Å²) in [6.07, 6.45) is -3.97. The van der Waals surface area contributed by atoms with Gasteiger partial charge in [0.15, 0.2) is 0 Å². The fourth-order valence-corrected chi connectivity index (χ4v) is 1.91. The third-order valence-electron chi connectivity index (χ3n) is 2.53. The van der Waals surface area contributed by atoms with Crippen LogP contribution in [0.4, 0.5) is 13.2 Å². The lowest BCUT2D eigenvalue weighted by Gasteiger charge is -2.16. The topological polar surface area (TPSA) is 38.3 Å². The SMILES string of the molecule is CC(C)CC(C)NC(=O)c1cccc(OC(F)(F)F)c1. The maximum atomic E-state index is 12.1. The van der Waals surface area contributed by atoms with Gasteiger partial charge < -0.3 is 10.1 Å². The molecule has 1 N–H and O–H groups in total. The van der Waals surface area contributed by atoms with E-state index in [1.54, 1.807) is 0 Å². The summed E-state index contributed by atoms with van der Waals surface area (Å²) in [6, 6.07) is 4.98. The summed E-state index contributed by atoms with van der Waals surface area (Å²) in [6.45, 7) is 5.91. The lowest BCUT2D eigenvalue weighted by molar-refractivity contribution is -0.274. The third kappa shape index (κ3) is 5.95. The first-order valence-electron chi connectivity index (χ1n) is 6.34. The van der Waals surface area contributed by atoms with E-state index < -0.39 is 18.0 Å². The van der Waals surface area contributed by atoms with Crippen LogP contribution in [0.2, 0.25) is 0 Å². The number of carbonyl (C=O) groups excluding carboxylic acids is 1. The molecule has 0 aliphatic rings. The number of benzene rings is 1. The van der Waals surface area contributed by atoms with Gasteiger partial charge in [0, 0.05) is 11.6 Å². The zero-order chi connectivity index (χ0) is 15.3. The van der Waals surface area contributed by atoms with E-state index in [0.29, 0.717) is 5.92 Å². The summed E-state index contributed by atoms with van der Waals surface area (Å²) in [7, 11) is 0. The Bertz CT molecular complexity index is 458. The lowest BCUT2D eigenvalue weighted by Crippen LogP contribution is -2.33. The van der Waals surface area contributed by atoms with Crippen LogP contribution in [0, 0.1) is 5.92 Å². The van der Waals surface area contributed by atoms with Crippen molar-refractivity contribution in [2.24, 2.45) is 5.92 Å². The van der Waals surface area contributed by atoms with Gasteiger partial charge in [-0.25, -0.2) is 0 Å². The molecule has 0 aromatic heterocycles. The number of nitrogens with one attached hydrogen (secondary N) is 1. The van der Waals surface area contributed by atoms with Crippen LogP contribution in [0.5, 0.6) is 5.75 Å². The van der Waals surface area contributed by atoms with Crippen molar-refractivity contribution in [1.29, 1.82) is 0 Å². The molecule has 0 fully saturated rings. The smallest absolute Gasteiger partial charge is 0.406 e. The molecule has 1 aromatic carbocycles. The molecule has 0 radical (unpaired) electrons. The van der Waals surface area contributed by atoms with Crippen molar-refractivity contribution < 1.29 is 22.7 Å². The second-order valence-electron chi connectivity index (χ2n) is 5.08. The summed E-state index contributed by atoms with van der Waals surface area (Å²) in [5, 5.41) is 2.74. The van der Waals surface area contributed by atoms with E-state index >= 15 is 0 Å². The molecule has 0 aliphatic heterocycles.